The smallest absolute Gasteiger partial charge is 0.135 e. The topological polar surface area (TPSA) is 108 Å². The van der Waals surface area contributed by atoms with Gasteiger partial charge in [0.05, 0.1) is 12.6 Å². The first kappa shape index (κ1) is 41.4. The number of aryl methyl sites for hydroxylation is 2. The fourth-order valence-electron chi connectivity index (χ4n) is 8.32. The summed E-state index contributed by atoms with van der Waals surface area (Å²) in [4.78, 5) is 9.52. The molecule has 5 N–H and O–H groups in total. The number of aliphatic hydroxyl groups excluding tert-OH is 1. The van der Waals surface area contributed by atoms with E-state index in [1.165, 1.54) is 58.4 Å². The number of hydrogen-bond donors (Lipinski definition) is 4. The number of nitrogens with two attached hydrogens (primary N) is 1. The molecule has 2 fully saturated rings. The molecule has 9 rings (SSSR count). The first-order valence-electron chi connectivity index (χ1n) is 20.4. The van der Waals surface area contributed by atoms with Gasteiger partial charge in [0.15, 0.2) is 0 Å². The Morgan fingerprint density at radius 1 is 0.810 bits per heavy atom. The third kappa shape index (κ3) is 10.2. The maximum Gasteiger partial charge on any atom is 0.135 e. The summed E-state index contributed by atoms with van der Waals surface area (Å²) in [7, 11) is 2.73. The SMILES string of the molecule is CO.COCc1ccc(N2CCN(C3c4ccccc4CCc4ccccc43)CC2)cc1Oc1ccc2[nH]ccc2c1.NSc1ccc(NCC2CCOCC2)cc1. The average molecular weight is 800 g/mol. The Balaban J connectivity index is 0.000000238. The van der Waals surface area contributed by atoms with Gasteiger partial charge >= 0.3 is 0 Å². The first-order chi connectivity index (χ1) is 28.6. The van der Waals surface area contributed by atoms with Crippen LogP contribution in [0.1, 0.15) is 46.7 Å². The van der Waals surface area contributed by atoms with E-state index in [2.05, 4.69) is 117 Å². The van der Waals surface area contributed by atoms with Crippen molar-refractivity contribution in [3.05, 3.63) is 149 Å². The predicted octanol–water partition coefficient (Wildman–Crippen LogP) is 9.22. The first-order valence-corrected chi connectivity index (χ1v) is 21.3. The van der Waals surface area contributed by atoms with Crippen molar-refractivity contribution in [1.29, 1.82) is 0 Å². The van der Waals surface area contributed by atoms with Gasteiger partial charge in [-0.25, -0.2) is 0 Å². The number of aromatic amines is 1. The molecule has 1 aliphatic carbocycles. The van der Waals surface area contributed by atoms with Gasteiger partial charge in [-0.05, 0) is 120 Å². The van der Waals surface area contributed by atoms with Crippen molar-refractivity contribution < 1.29 is 19.3 Å². The van der Waals surface area contributed by atoms with Gasteiger partial charge in [0.1, 0.15) is 11.5 Å². The van der Waals surface area contributed by atoms with E-state index in [1.807, 2.05) is 24.4 Å². The number of rotatable bonds is 10. The van der Waals surface area contributed by atoms with Crippen LogP contribution in [-0.4, -0.2) is 75.1 Å². The number of ether oxygens (including phenoxy) is 3. The molecular weight excluding hydrogens is 743 g/mol. The van der Waals surface area contributed by atoms with E-state index in [0.717, 1.165) is 105 Å². The number of methoxy groups -OCH3 is 1. The maximum atomic E-state index is 7.00. The zero-order valence-corrected chi connectivity index (χ0v) is 34.6. The molecule has 1 aromatic heterocycles. The van der Waals surface area contributed by atoms with E-state index >= 15 is 0 Å². The lowest BCUT2D eigenvalue weighted by Gasteiger charge is -2.41. The molecule has 0 atom stereocenters. The second-order valence-corrected chi connectivity index (χ2v) is 15.7. The number of hydrogen-bond acceptors (Lipinski definition) is 9. The molecule has 0 spiro atoms. The zero-order valence-electron chi connectivity index (χ0n) is 33.7. The average Bonchev–Trinajstić information content (AvgIpc) is 3.69. The Labute approximate surface area is 347 Å². The van der Waals surface area contributed by atoms with Gasteiger partial charge in [-0.15, -0.1) is 0 Å². The zero-order chi connectivity index (χ0) is 40.1. The number of aromatic nitrogens is 1. The largest absolute Gasteiger partial charge is 0.457 e. The summed E-state index contributed by atoms with van der Waals surface area (Å²) in [6.07, 6.45) is 6.51. The maximum absolute atomic E-state index is 7.00. The summed E-state index contributed by atoms with van der Waals surface area (Å²) in [6.45, 7) is 7.33. The quantitative estimate of drug-likeness (QED) is 0.101. The van der Waals surface area contributed by atoms with Crippen LogP contribution >= 0.6 is 11.9 Å². The number of benzene rings is 5. The molecular formula is C48H57N5O4S. The molecule has 5 aromatic carbocycles. The molecule has 9 nitrogen and oxygen atoms in total. The fraction of sp³-hybridized carbons (Fsp3) is 0.333. The van der Waals surface area contributed by atoms with Crippen molar-refractivity contribution in [2.24, 2.45) is 11.1 Å². The van der Waals surface area contributed by atoms with Gasteiger partial charge < -0.3 is 34.5 Å². The van der Waals surface area contributed by atoms with Crippen LogP contribution in [0, 0.1) is 5.92 Å². The molecule has 0 radical (unpaired) electrons. The molecule has 3 aliphatic rings. The minimum absolute atomic E-state index is 0.309. The third-order valence-electron chi connectivity index (χ3n) is 11.4. The minimum atomic E-state index is 0.309. The normalized spacial score (nSPS) is 15.9. The number of piperazine rings is 1. The molecule has 0 saturated carbocycles. The van der Waals surface area contributed by atoms with Crippen molar-refractivity contribution in [1.82, 2.24) is 9.88 Å². The highest BCUT2D eigenvalue weighted by Gasteiger charge is 2.31. The molecule has 10 heteroatoms. The molecule has 0 unspecified atom stereocenters. The molecule has 58 heavy (non-hydrogen) atoms. The van der Waals surface area contributed by atoms with Crippen LogP contribution in [0.3, 0.4) is 0 Å². The fourth-order valence-corrected chi connectivity index (χ4v) is 8.61. The summed E-state index contributed by atoms with van der Waals surface area (Å²) >= 11 is 1.28. The van der Waals surface area contributed by atoms with Crippen LogP contribution in [0.15, 0.2) is 126 Å². The highest BCUT2D eigenvalue weighted by molar-refractivity contribution is 7.97. The van der Waals surface area contributed by atoms with Crippen molar-refractivity contribution >= 4 is 34.2 Å². The van der Waals surface area contributed by atoms with Gasteiger partial charge in [-0.1, -0.05) is 54.6 Å². The molecule has 304 valence electrons. The summed E-state index contributed by atoms with van der Waals surface area (Å²) < 4.78 is 17.3. The third-order valence-corrected chi connectivity index (χ3v) is 12.0. The second kappa shape index (κ2) is 20.7. The number of nitrogens with one attached hydrogen (secondary N) is 2. The second-order valence-electron chi connectivity index (χ2n) is 15.0. The van der Waals surface area contributed by atoms with Crippen molar-refractivity contribution in [2.75, 3.05) is 70.4 Å². The highest BCUT2D eigenvalue weighted by atomic mass is 32.2. The number of anilines is 2. The number of H-pyrrole nitrogens is 1. The van der Waals surface area contributed by atoms with Gasteiger partial charge in [0.2, 0.25) is 0 Å². The summed E-state index contributed by atoms with van der Waals surface area (Å²) in [5, 5.41) is 17.1. The lowest BCUT2D eigenvalue weighted by Crippen LogP contribution is -2.48. The van der Waals surface area contributed by atoms with E-state index in [1.54, 1.807) is 7.11 Å². The van der Waals surface area contributed by atoms with E-state index in [-0.39, 0.29) is 0 Å². The summed E-state index contributed by atoms with van der Waals surface area (Å²) in [5.74, 6) is 2.43. The molecule has 2 saturated heterocycles. The van der Waals surface area contributed by atoms with Gasteiger partial charge in [0, 0.05) is 105 Å². The number of aliphatic hydroxyl groups is 1. The number of fused-ring (bicyclic) bond motifs is 3. The molecule has 0 amide bonds. The Hall–Kier alpha value is -4.81. The van der Waals surface area contributed by atoms with Crippen molar-refractivity contribution in [2.45, 2.75) is 43.2 Å². The van der Waals surface area contributed by atoms with Gasteiger partial charge in [0.25, 0.3) is 0 Å². The van der Waals surface area contributed by atoms with Crippen LogP contribution < -0.4 is 20.1 Å². The van der Waals surface area contributed by atoms with Crippen LogP contribution in [0.4, 0.5) is 11.4 Å². The monoisotopic (exact) mass is 799 g/mol. The minimum Gasteiger partial charge on any atom is -0.457 e. The van der Waals surface area contributed by atoms with Crippen LogP contribution in [-0.2, 0) is 28.9 Å². The Morgan fingerprint density at radius 3 is 2.17 bits per heavy atom. The van der Waals surface area contributed by atoms with E-state index in [4.69, 9.17) is 24.5 Å². The molecule has 6 aromatic rings. The summed E-state index contributed by atoms with van der Waals surface area (Å²) in [6, 6.07) is 41.4. The van der Waals surface area contributed by atoms with Crippen LogP contribution in [0.5, 0.6) is 11.5 Å². The van der Waals surface area contributed by atoms with E-state index in [0.29, 0.717) is 12.6 Å². The van der Waals surface area contributed by atoms with Gasteiger partial charge in [-0.2, -0.15) is 0 Å². The highest BCUT2D eigenvalue weighted by Crippen LogP contribution is 2.38. The lowest BCUT2D eigenvalue weighted by molar-refractivity contribution is 0.0699. The van der Waals surface area contributed by atoms with Gasteiger partial charge in [-0.3, -0.25) is 10.0 Å². The molecule has 0 bridgehead atoms. The summed E-state index contributed by atoms with van der Waals surface area (Å²) in [5.41, 5.74) is 10.4. The lowest BCUT2D eigenvalue weighted by atomic mass is 9.92. The van der Waals surface area contributed by atoms with E-state index in [9.17, 15) is 0 Å². The van der Waals surface area contributed by atoms with E-state index < -0.39 is 0 Å². The molecule has 3 heterocycles. The Morgan fingerprint density at radius 2 is 1.50 bits per heavy atom. The Kier molecular flexibility index (Phi) is 14.8. The van der Waals surface area contributed by atoms with Crippen molar-refractivity contribution in [3.8, 4) is 11.5 Å². The Bertz CT molecular complexity index is 2130. The number of nitrogens with zero attached hydrogens (tertiary/aromatic N) is 2. The van der Waals surface area contributed by atoms with Crippen LogP contribution in [0.2, 0.25) is 0 Å². The molecule has 2 aliphatic heterocycles. The predicted molar refractivity (Wildman–Crippen MR) is 238 cm³/mol. The van der Waals surface area contributed by atoms with Crippen LogP contribution in [0.25, 0.3) is 10.9 Å². The van der Waals surface area contributed by atoms with Crippen molar-refractivity contribution in [3.63, 3.8) is 0 Å². The standard InChI is InChI=1S/C35H35N3O2.C12H18N2OS.CH4O/c1-39-24-28-12-13-29(23-34(28)40-30-14-15-33-27(22-30)16-17-36-33)37-18-20-38(21-19-37)35-31-8-4-2-6-25(31)10-11-26-7-3-5-9-32(26)35;13-16-12-3-1-11(2-4-12)14-9-10-5-7-15-8-6-10;1-2/h2-9,12-17,22-23,35-36H,10-11,18-21,24H2,1H3;1-4,10,14H,5-9,13H2;2H,1H3.